The van der Waals surface area contributed by atoms with Crippen molar-refractivity contribution in [1.82, 2.24) is 15.5 Å². The van der Waals surface area contributed by atoms with Gasteiger partial charge in [0.05, 0.1) is 17.3 Å². The quantitative estimate of drug-likeness (QED) is 0.366. The van der Waals surface area contributed by atoms with Gasteiger partial charge in [0.1, 0.15) is 0 Å². The van der Waals surface area contributed by atoms with E-state index >= 15 is 0 Å². The summed E-state index contributed by atoms with van der Waals surface area (Å²) in [6, 6.07) is 21.4. The van der Waals surface area contributed by atoms with Gasteiger partial charge in [-0.2, -0.15) is 4.98 Å². The van der Waals surface area contributed by atoms with Gasteiger partial charge >= 0.3 is 6.03 Å². The highest BCUT2D eigenvalue weighted by molar-refractivity contribution is 6.01. The lowest BCUT2D eigenvalue weighted by molar-refractivity contribution is 0.244. The van der Waals surface area contributed by atoms with Gasteiger partial charge in [0.25, 0.3) is 5.89 Å². The van der Waals surface area contributed by atoms with Gasteiger partial charge in [-0.15, -0.1) is 0 Å². The summed E-state index contributed by atoms with van der Waals surface area (Å²) in [7, 11) is 0. The molecule has 176 valence electrons. The van der Waals surface area contributed by atoms with E-state index in [4.69, 9.17) is 9.51 Å². The van der Waals surface area contributed by atoms with Crippen LogP contribution in [-0.4, -0.2) is 16.2 Å². The number of nitrogens with one attached hydrogen (secondary N) is 1. The van der Waals surface area contributed by atoms with Crippen LogP contribution in [0.15, 0.2) is 77.0 Å². The average Bonchev–Trinajstić information content (AvgIpc) is 3.30. The maximum atomic E-state index is 13.5. The van der Waals surface area contributed by atoms with E-state index in [0.29, 0.717) is 11.7 Å². The second kappa shape index (κ2) is 8.87. The Hall–Kier alpha value is -4.19. The van der Waals surface area contributed by atoms with Crippen LogP contribution in [0.4, 0.5) is 10.5 Å². The molecule has 2 heterocycles. The van der Waals surface area contributed by atoms with E-state index in [1.165, 1.54) is 5.56 Å². The summed E-state index contributed by atoms with van der Waals surface area (Å²) in [5.41, 5.74) is 8.69. The van der Waals surface area contributed by atoms with Crippen LogP contribution in [0.2, 0.25) is 0 Å². The number of aromatic nitrogens is 2. The van der Waals surface area contributed by atoms with Crippen molar-refractivity contribution in [3.8, 4) is 11.4 Å². The number of allylic oxidation sites excluding steroid dienone is 1. The zero-order valence-electron chi connectivity index (χ0n) is 20.6. The summed E-state index contributed by atoms with van der Waals surface area (Å²) in [6.45, 7) is 10.1. The molecule has 1 atom stereocenters. The Morgan fingerprint density at radius 2 is 1.57 bits per heavy atom. The van der Waals surface area contributed by atoms with E-state index in [2.05, 4.69) is 42.5 Å². The van der Waals surface area contributed by atoms with Gasteiger partial charge in [0, 0.05) is 11.3 Å². The molecule has 1 aliphatic heterocycles. The molecule has 2 amide bonds. The van der Waals surface area contributed by atoms with Gasteiger partial charge in [0.15, 0.2) is 0 Å². The van der Waals surface area contributed by atoms with Gasteiger partial charge in [-0.25, -0.2) is 4.79 Å². The van der Waals surface area contributed by atoms with Crippen molar-refractivity contribution in [3.63, 3.8) is 0 Å². The minimum atomic E-state index is -0.423. The van der Waals surface area contributed by atoms with Crippen molar-refractivity contribution in [1.29, 1.82) is 0 Å². The van der Waals surface area contributed by atoms with E-state index in [-0.39, 0.29) is 6.03 Å². The lowest BCUT2D eigenvalue weighted by Gasteiger charge is -2.35. The molecule has 0 spiro atoms. The topological polar surface area (TPSA) is 71.3 Å². The Bertz CT molecular complexity index is 1430. The maximum absolute atomic E-state index is 13.5. The molecule has 0 fully saturated rings. The molecule has 5 rings (SSSR count). The summed E-state index contributed by atoms with van der Waals surface area (Å²) in [4.78, 5) is 19.9. The van der Waals surface area contributed by atoms with Crippen molar-refractivity contribution in [2.75, 3.05) is 4.90 Å². The third-order valence-corrected chi connectivity index (χ3v) is 6.50. The number of carbonyl (C=O) groups is 1. The third-order valence-electron chi connectivity index (χ3n) is 6.50. The number of anilines is 1. The normalized spacial score (nSPS) is 16.0. The molecule has 4 aromatic rings. The monoisotopic (exact) mass is 464 g/mol. The van der Waals surface area contributed by atoms with Crippen molar-refractivity contribution in [3.05, 3.63) is 106 Å². The molecular weight excluding hydrogens is 436 g/mol. The minimum Gasteiger partial charge on any atom is -0.334 e. The zero-order valence-corrected chi connectivity index (χ0v) is 20.6. The molecule has 1 aliphatic rings. The zero-order chi connectivity index (χ0) is 24.7. The van der Waals surface area contributed by atoms with Crippen molar-refractivity contribution >= 4 is 17.3 Å². The first kappa shape index (κ1) is 22.6. The summed E-state index contributed by atoms with van der Waals surface area (Å²) < 4.78 is 5.80. The number of hydrogen-bond donors (Lipinski definition) is 1. The highest BCUT2D eigenvalue weighted by Gasteiger charge is 2.36. The van der Waals surface area contributed by atoms with Gasteiger partial charge in [-0.1, -0.05) is 59.8 Å². The molecule has 1 aromatic heterocycles. The molecule has 0 radical (unpaired) electrons. The fourth-order valence-corrected chi connectivity index (χ4v) is 4.64. The highest BCUT2D eigenvalue weighted by atomic mass is 16.5. The second-order valence-electron chi connectivity index (χ2n) is 9.20. The van der Waals surface area contributed by atoms with E-state index in [1.807, 2.05) is 69.3 Å². The number of benzene rings is 3. The Kier molecular flexibility index (Phi) is 5.73. The second-order valence-corrected chi connectivity index (χ2v) is 9.20. The Morgan fingerprint density at radius 1 is 0.857 bits per heavy atom. The van der Waals surface area contributed by atoms with Crippen molar-refractivity contribution in [2.24, 2.45) is 0 Å². The standard InChI is InChI=1S/C29H28N4O2/c1-17-13-18(2)15-24(14-17)33-21(5)25(28-31-27(32-35-28)22-9-7-6-8-10-22)26(30-29(33)34)23-12-11-19(3)20(4)16-23/h6-16,26H,1-5H3,(H,30,34). The SMILES string of the molecule is CC1=C(c2nc(-c3ccccc3)no2)C(c2ccc(C)c(C)c2)NC(=O)N1c1cc(C)cc(C)c1. The van der Waals surface area contributed by atoms with Gasteiger partial charge in [0.2, 0.25) is 5.82 Å². The van der Waals surface area contributed by atoms with Crippen LogP contribution in [0, 0.1) is 27.7 Å². The number of aryl methyl sites for hydroxylation is 4. The smallest absolute Gasteiger partial charge is 0.326 e. The molecule has 6 nitrogen and oxygen atoms in total. The summed E-state index contributed by atoms with van der Waals surface area (Å²) >= 11 is 0. The first-order chi connectivity index (χ1) is 16.8. The predicted octanol–water partition coefficient (Wildman–Crippen LogP) is 6.67. The molecule has 1 unspecified atom stereocenters. The summed E-state index contributed by atoms with van der Waals surface area (Å²) in [5.74, 6) is 0.897. The van der Waals surface area contributed by atoms with Gasteiger partial charge in [-0.3, -0.25) is 4.90 Å². The van der Waals surface area contributed by atoms with E-state index < -0.39 is 6.04 Å². The molecule has 0 saturated carbocycles. The van der Waals surface area contributed by atoms with Gasteiger partial charge < -0.3 is 9.84 Å². The Balaban J connectivity index is 1.69. The average molecular weight is 465 g/mol. The van der Waals surface area contributed by atoms with Crippen LogP contribution in [0.25, 0.3) is 17.0 Å². The van der Waals surface area contributed by atoms with Crippen molar-refractivity contribution < 1.29 is 9.32 Å². The maximum Gasteiger partial charge on any atom is 0.326 e. The van der Waals surface area contributed by atoms with Crippen molar-refractivity contribution in [2.45, 2.75) is 40.7 Å². The van der Waals surface area contributed by atoms with Crippen LogP contribution in [0.1, 0.15) is 46.7 Å². The molecule has 3 aromatic carbocycles. The van der Waals surface area contributed by atoms with Crippen LogP contribution < -0.4 is 10.2 Å². The fraction of sp³-hybridized carbons (Fsp3) is 0.207. The van der Waals surface area contributed by atoms with Crippen LogP contribution in [-0.2, 0) is 0 Å². The van der Waals surface area contributed by atoms with Crippen LogP contribution >= 0.6 is 0 Å². The molecule has 0 aliphatic carbocycles. The molecular formula is C29H28N4O2. The summed E-state index contributed by atoms with van der Waals surface area (Å²) in [6.07, 6.45) is 0. The van der Waals surface area contributed by atoms with E-state index in [1.54, 1.807) is 4.90 Å². The molecule has 0 saturated heterocycles. The number of hydrogen-bond acceptors (Lipinski definition) is 4. The largest absolute Gasteiger partial charge is 0.334 e. The third kappa shape index (κ3) is 4.23. The number of urea groups is 1. The lowest BCUT2D eigenvalue weighted by Crippen LogP contribution is -2.46. The highest BCUT2D eigenvalue weighted by Crippen LogP contribution is 2.39. The summed E-state index contributed by atoms with van der Waals surface area (Å²) in [5, 5.41) is 7.45. The Morgan fingerprint density at radius 3 is 2.26 bits per heavy atom. The van der Waals surface area contributed by atoms with Crippen LogP contribution in [0.5, 0.6) is 0 Å². The fourth-order valence-electron chi connectivity index (χ4n) is 4.64. The molecule has 35 heavy (non-hydrogen) atoms. The molecule has 6 heteroatoms. The Labute approximate surface area is 205 Å². The lowest BCUT2D eigenvalue weighted by atomic mass is 9.92. The molecule has 0 bridgehead atoms. The number of carbonyl (C=O) groups excluding carboxylic acids is 1. The van der Waals surface area contributed by atoms with Gasteiger partial charge in [-0.05, 0) is 74.6 Å². The first-order valence-electron chi connectivity index (χ1n) is 11.7. The van der Waals surface area contributed by atoms with E-state index in [0.717, 1.165) is 44.8 Å². The number of nitrogens with zero attached hydrogens (tertiary/aromatic N) is 3. The minimum absolute atomic E-state index is 0.192. The van der Waals surface area contributed by atoms with E-state index in [9.17, 15) is 4.79 Å². The first-order valence-corrected chi connectivity index (χ1v) is 11.7. The van der Waals surface area contributed by atoms with Crippen LogP contribution in [0.3, 0.4) is 0 Å². The predicted molar refractivity (Wildman–Crippen MR) is 138 cm³/mol. The number of amides is 2. The number of rotatable bonds is 4. The molecule has 1 N–H and O–H groups in total.